The average molecular weight is 555 g/mol. The summed E-state index contributed by atoms with van der Waals surface area (Å²) in [6.07, 6.45) is 0. The fourth-order valence-electron chi connectivity index (χ4n) is 2.90. The third-order valence-corrected chi connectivity index (χ3v) is 8.86. The number of halogens is 3. The van der Waals surface area contributed by atoms with E-state index in [9.17, 15) is 0 Å². The summed E-state index contributed by atoms with van der Waals surface area (Å²) >= 11 is -1.92. The van der Waals surface area contributed by atoms with Crippen LogP contribution in [0.25, 0.3) is 0 Å². The second kappa shape index (κ2) is 16.0. The molecule has 0 amide bonds. The maximum absolute atomic E-state index is 4.97. The van der Waals surface area contributed by atoms with Crippen LogP contribution in [0.2, 0.25) is 0 Å². The van der Waals surface area contributed by atoms with E-state index in [-0.39, 0.29) is 15.8 Å². The molecule has 0 atom stereocenters. The fourth-order valence-corrected chi connectivity index (χ4v) is 5.98. The summed E-state index contributed by atoms with van der Waals surface area (Å²) < 4.78 is 0. The van der Waals surface area contributed by atoms with Crippen LogP contribution in [0.15, 0.2) is 121 Å². The van der Waals surface area contributed by atoms with E-state index in [1.54, 1.807) is 0 Å². The van der Waals surface area contributed by atoms with Gasteiger partial charge in [-0.15, -0.1) is 0 Å². The SMILES string of the molecule is CP(c1ccccc1)c1ccccc1.CP(c1ccccc1)c1ccccc1.[Cl][Ti]([Cl])[Cl]. The molecule has 0 radical (unpaired) electrons. The predicted octanol–water partition coefficient (Wildman–Crippen LogP) is 7.56. The van der Waals surface area contributed by atoms with Gasteiger partial charge in [-0.1, -0.05) is 121 Å². The normalized spacial score (nSPS) is 9.97. The van der Waals surface area contributed by atoms with Crippen LogP contribution in [-0.2, 0) is 14.7 Å². The molecule has 6 heteroatoms. The van der Waals surface area contributed by atoms with Crippen molar-refractivity contribution in [2.75, 3.05) is 13.3 Å². The molecule has 0 spiro atoms. The van der Waals surface area contributed by atoms with Crippen molar-refractivity contribution in [1.29, 1.82) is 0 Å². The van der Waals surface area contributed by atoms with Crippen LogP contribution >= 0.6 is 43.8 Å². The predicted molar refractivity (Wildman–Crippen MR) is 148 cm³/mol. The zero-order chi connectivity index (χ0) is 23.2. The van der Waals surface area contributed by atoms with E-state index in [1.165, 1.54) is 21.2 Å². The van der Waals surface area contributed by atoms with Crippen molar-refractivity contribution in [2.45, 2.75) is 0 Å². The molecule has 0 aliphatic rings. The summed E-state index contributed by atoms with van der Waals surface area (Å²) in [5.41, 5.74) is 0. The van der Waals surface area contributed by atoms with E-state index in [2.05, 4.69) is 135 Å². The maximum atomic E-state index is 4.97. The van der Waals surface area contributed by atoms with Crippen LogP contribution in [0.5, 0.6) is 0 Å². The molecule has 0 aliphatic carbocycles. The van der Waals surface area contributed by atoms with Gasteiger partial charge in [0, 0.05) is 0 Å². The van der Waals surface area contributed by atoms with E-state index in [0.717, 1.165) is 0 Å². The molecule has 165 valence electrons. The standard InChI is InChI=1S/2C13H13P.3ClH.Ti/c2*1-14(12-8-4-2-5-9-12)13-10-6-3-7-11-13;;;;/h2*2-11H,1H3;3*1H;/q;;;;;+3/p-3. The van der Waals surface area contributed by atoms with Gasteiger partial charge in [0.15, 0.2) is 0 Å². The third kappa shape index (κ3) is 10.5. The Morgan fingerprint density at radius 1 is 0.406 bits per heavy atom. The summed E-state index contributed by atoms with van der Waals surface area (Å²) in [4.78, 5) is 0. The Morgan fingerprint density at radius 2 is 0.562 bits per heavy atom. The van der Waals surface area contributed by atoms with Crippen LogP contribution in [0.1, 0.15) is 0 Å². The van der Waals surface area contributed by atoms with Crippen molar-refractivity contribution >= 4 is 65.0 Å². The quantitative estimate of drug-likeness (QED) is 0.180. The Balaban J connectivity index is 0.000000195. The number of benzene rings is 4. The molecule has 4 rings (SSSR count). The minimum atomic E-state index is -1.92. The number of rotatable bonds is 4. The van der Waals surface area contributed by atoms with Crippen molar-refractivity contribution in [1.82, 2.24) is 0 Å². The van der Waals surface area contributed by atoms with Crippen molar-refractivity contribution in [3.8, 4) is 0 Å². The molecule has 4 aromatic rings. The fraction of sp³-hybridized carbons (Fsp3) is 0.0769. The van der Waals surface area contributed by atoms with Gasteiger partial charge in [0.05, 0.1) is 0 Å². The average Bonchev–Trinajstić information content (AvgIpc) is 2.85. The van der Waals surface area contributed by atoms with Crippen LogP contribution in [0.3, 0.4) is 0 Å². The minimum absolute atomic E-state index is 0.171. The molecular weight excluding hydrogens is 528 g/mol. The molecular formula is C26H26Cl3P2Ti. The van der Waals surface area contributed by atoms with Crippen LogP contribution < -0.4 is 21.2 Å². The topological polar surface area (TPSA) is 0 Å². The Bertz CT molecular complexity index is 826. The number of hydrogen-bond donors (Lipinski definition) is 0. The van der Waals surface area contributed by atoms with E-state index < -0.39 is 14.7 Å². The van der Waals surface area contributed by atoms with Crippen LogP contribution in [0, 0.1) is 0 Å². The first-order valence-electron chi connectivity index (χ1n) is 10.00. The molecule has 0 aliphatic heterocycles. The first-order valence-corrected chi connectivity index (χ1v) is 20.0. The van der Waals surface area contributed by atoms with Gasteiger partial charge in [0.25, 0.3) is 0 Å². The van der Waals surface area contributed by atoms with Gasteiger partial charge in [-0.2, -0.15) is 0 Å². The van der Waals surface area contributed by atoms with Crippen LogP contribution in [0.4, 0.5) is 0 Å². The van der Waals surface area contributed by atoms with Crippen molar-refractivity contribution in [3.05, 3.63) is 121 Å². The first-order chi connectivity index (χ1) is 15.5. The zero-order valence-electron chi connectivity index (χ0n) is 18.1. The van der Waals surface area contributed by atoms with Gasteiger partial charge in [0.1, 0.15) is 0 Å². The summed E-state index contributed by atoms with van der Waals surface area (Å²) in [5.74, 6) is 0. The first kappa shape index (κ1) is 27.6. The Kier molecular flexibility index (Phi) is 13.8. The Hall–Kier alpha value is -0.676. The molecule has 0 saturated carbocycles. The number of hydrogen-bond acceptors (Lipinski definition) is 0. The molecule has 0 nitrogen and oxygen atoms in total. The van der Waals surface area contributed by atoms with Gasteiger partial charge in [-0.05, 0) is 50.4 Å². The van der Waals surface area contributed by atoms with Gasteiger partial charge in [0.2, 0.25) is 0 Å². The van der Waals surface area contributed by atoms with E-state index in [4.69, 9.17) is 27.9 Å². The molecule has 32 heavy (non-hydrogen) atoms. The van der Waals surface area contributed by atoms with Gasteiger partial charge < -0.3 is 0 Å². The van der Waals surface area contributed by atoms with Gasteiger partial charge >= 0.3 is 42.6 Å². The molecule has 0 N–H and O–H groups in total. The molecule has 0 unspecified atom stereocenters. The van der Waals surface area contributed by atoms with E-state index in [1.807, 2.05) is 0 Å². The zero-order valence-corrected chi connectivity index (χ0v) is 23.7. The molecule has 0 fully saturated rings. The third-order valence-electron chi connectivity index (χ3n) is 4.57. The monoisotopic (exact) mass is 553 g/mol. The Labute approximate surface area is 212 Å². The summed E-state index contributed by atoms with van der Waals surface area (Å²) in [7, 11) is 14.6. The van der Waals surface area contributed by atoms with Crippen molar-refractivity contribution in [3.63, 3.8) is 0 Å². The molecule has 0 heterocycles. The Morgan fingerprint density at radius 3 is 0.719 bits per heavy atom. The van der Waals surface area contributed by atoms with Gasteiger partial charge in [-0.3, -0.25) is 0 Å². The van der Waals surface area contributed by atoms with Crippen LogP contribution in [-0.4, -0.2) is 13.3 Å². The summed E-state index contributed by atoms with van der Waals surface area (Å²) in [6.45, 7) is 4.61. The van der Waals surface area contributed by atoms with Crippen molar-refractivity contribution in [2.24, 2.45) is 0 Å². The molecule has 0 aromatic heterocycles. The second-order valence-corrected chi connectivity index (χ2v) is 18.7. The second-order valence-electron chi connectivity index (χ2n) is 6.67. The molecule has 4 aromatic carbocycles. The van der Waals surface area contributed by atoms with Gasteiger partial charge in [-0.25, -0.2) is 0 Å². The van der Waals surface area contributed by atoms with Crippen molar-refractivity contribution < 1.29 is 14.7 Å². The van der Waals surface area contributed by atoms with E-state index in [0.29, 0.717) is 0 Å². The summed E-state index contributed by atoms with van der Waals surface area (Å²) in [5, 5.41) is 5.75. The summed E-state index contributed by atoms with van der Waals surface area (Å²) in [6, 6.07) is 42.8. The molecule has 0 bridgehead atoms. The van der Waals surface area contributed by atoms with E-state index >= 15 is 0 Å². The molecule has 0 saturated heterocycles.